The summed E-state index contributed by atoms with van der Waals surface area (Å²) in [5.41, 5.74) is -1.54. The zero-order valence-electron chi connectivity index (χ0n) is 18.6. The van der Waals surface area contributed by atoms with Crippen LogP contribution >= 0.6 is 15.9 Å². The van der Waals surface area contributed by atoms with Crippen molar-refractivity contribution in [1.29, 1.82) is 0 Å². The average Bonchev–Trinajstić information content (AvgIpc) is 2.85. The quantitative estimate of drug-likeness (QED) is 0.192. The average molecular weight is 565 g/mol. The number of benzene rings is 3. The lowest BCUT2D eigenvalue weighted by atomic mass is 10.1. The predicted molar refractivity (Wildman–Crippen MR) is 126 cm³/mol. The third kappa shape index (κ3) is 4.87. The number of halogens is 4. The zero-order chi connectivity index (χ0) is 26.0. The summed E-state index contributed by atoms with van der Waals surface area (Å²) >= 11 is 3.17. The maximum atomic E-state index is 13.8. The number of carbonyl (C=O) groups is 1. The van der Waals surface area contributed by atoms with Crippen LogP contribution in [0.25, 0.3) is 11.0 Å². The molecule has 0 aliphatic rings. The fraction of sp³-hybridized carbons (Fsp3) is 0.120. The molecule has 0 spiro atoms. The van der Waals surface area contributed by atoms with E-state index in [4.69, 9.17) is 23.4 Å². The summed E-state index contributed by atoms with van der Waals surface area (Å²) in [5.74, 6) is -3.39. The van der Waals surface area contributed by atoms with Crippen molar-refractivity contribution in [2.45, 2.75) is 6.18 Å². The molecule has 0 radical (unpaired) electrons. The van der Waals surface area contributed by atoms with Gasteiger partial charge in [0.15, 0.2) is 0 Å². The maximum absolute atomic E-state index is 13.8. The topological polar surface area (TPSA) is 84.2 Å². The van der Waals surface area contributed by atoms with E-state index in [-0.39, 0.29) is 33.9 Å². The Morgan fingerprint density at radius 3 is 2.17 bits per heavy atom. The van der Waals surface area contributed by atoms with Gasteiger partial charge in [0.1, 0.15) is 34.1 Å². The standard InChI is InChI=1S/C25H16BrF3O7/c1-32-17-8-5-9-18(33-2)20(17)24(31)34-13-10-11-14-19(12-13)36-23(25(27,28)29)22(21(14)30)35-16-7-4-3-6-15(16)26/h3-12H,1-2H3. The van der Waals surface area contributed by atoms with E-state index < -0.39 is 34.7 Å². The van der Waals surface area contributed by atoms with Crippen molar-refractivity contribution < 1.29 is 41.3 Å². The Morgan fingerprint density at radius 1 is 0.917 bits per heavy atom. The molecule has 0 fully saturated rings. The van der Waals surface area contributed by atoms with E-state index in [1.807, 2.05) is 0 Å². The highest BCUT2D eigenvalue weighted by Gasteiger charge is 2.40. The highest BCUT2D eigenvalue weighted by Crippen LogP contribution is 2.40. The van der Waals surface area contributed by atoms with Crippen molar-refractivity contribution in [1.82, 2.24) is 0 Å². The third-order valence-electron chi connectivity index (χ3n) is 4.97. The number of para-hydroxylation sites is 1. The van der Waals surface area contributed by atoms with Crippen molar-refractivity contribution in [2.75, 3.05) is 14.2 Å². The van der Waals surface area contributed by atoms with E-state index in [0.29, 0.717) is 4.47 Å². The van der Waals surface area contributed by atoms with Crippen LogP contribution in [0.15, 0.2) is 74.3 Å². The molecule has 0 saturated heterocycles. The van der Waals surface area contributed by atoms with E-state index in [1.54, 1.807) is 18.2 Å². The first-order valence-corrected chi connectivity index (χ1v) is 11.0. The van der Waals surface area contributed by atoms with E-state index in [2.05, 4.69) is 15.9 Å². The molecule has 0 atom stereocenters. The van der Waals surface area contributed by atoms with Crippen molar-refractivity contribution in [3.63, 3.8) is 0 Å². The molecular weight excluding hydrogens is 549 g/mol. The van der Waals surface area contributed by atoms with E-state index in [0.717, 1.165) is 6.07 Å². The molecule has 4 rings (SSSR count). The highest BCUT2D eigenvalue weighted by atomic mass is 79.9. The number of hydrogen-bond donors (Lipinski definition) is 0. The Hall–Kier alpha value is -3.99. The molecule has 4 aromatic rings. The largest absolute Gasteiger partial charge is 0.496 e. The van der Waals surface area contributed by atoms with Gasteiger partial charge in [0.2, 0.25) is 11.2 Å². The second-order valence-corrected chi connectivity index (χ2v) is 8.06. The second kappa shape index (κ2) is 9.94. The van der Waals surface area contributed by atoms with Crippen molar-refractivity contribution >= 4 is 32.9 Å². The Kier molecular flexibility index (Phi) is 6.93. The first kappa shape index (κ1) is 25.1. The summed E-state index contributed by atoms with van der Waals surface area (Å²) in [6, 6.07) is 14.2. The van der Waals surface area contributed by atoms with Crippen LogP contribution in [0.2, 0.25) is 0 Å². The normalized spacial score (nSPS) is 11.3. The van der Waals surface area contributed by atoms with Gasteiger partial charge in [-0.1, -0.05) is 18.2 Å². The molecule has 1 aromatic heterocycles. The number of methoxy groups -OCH3 is 2. The number of fused-ring (bicyclic) bond motifs is 1. The fourth-order valence-corrected chi connectivity index (χ4v) is 3.71. The molecule has 0 amide bonds. The minimum absolute atomic E-state index is 0.00837. The number of esters is 1. The van der Waals surface area contributed by atoms with Crippen LogP contribution in [0, 0.1) is 0 Å². The monoisotopic (exact) mass is 564 g/mol. The second-order valence-electron chi connectivity index (χ2n) is 7.20. The van der Waals surface area contributed by atoms with Gasteiger partial charge in [0.25, 0.3) is 5.76 Å². The Morgan fingerprint density at radius 2 is 1.56 bits per heavy atom. The molecule has 0 saturated carbocycles. The zero-order valence-corrected chi connectivity index (χ0v) is 20.2. The first-order valence-electron chi connectivity index (χ1n) is 10.2. The maximum Gasteiger partial charge on any atom is 0.453 e. The first-order chi connectivity index (χ1) is 17.1. The minimum atomic E-state index is -5.05. The van der Waals surface area contributed by atoms with Gasteiger partial charge in [-0.25, -0.2) is 4.79 Å². The molecular formula is C25H16BrF3O7. The molecule has 11 heteroatoms. The van der Waals surface area contributed by atoms with Gasteiger partial charge in [-0.05, 0) is 52.3 Å². The van der Waals surface area contributed by atoms with Gasteiger partial charge < -0.3 is 23.4 Å². The number of alkyl halides is 3. The number of rotatable bonds is 6. The van der Waals surface area contributed by atoms with Crippen LogP contribution in [0.4, 0.5) is 13.2 Å². The fourth-order valence-electron chi connectivity index (χ4n) is 3.35. The Balaban J connectivity index is 1.78. The van der Waals surface area contributed by atoms with E-state index >= 15 is 0 Å². The summed E-state index contributed by atoms with van der Waals surface area (Å²) < 4.78 is 67.9. The van der Waals surface area contributed by atoms with Gasteiger partial charge in [0, 0.05) is 6.07 Å². The molecule has 36 heavy (non-hydrogen) atoms. The minimum Gasteiger partial charge on any atom is -0.496 e. The van der Waals surface area contributed by atoms with Crippen LogP contribution in [-0.4, -0.2) is 20.2 Å². The number of carbonyl (C=O) groups excluding carboxylic acids is 1. The van der Waals surface area contributed by atoms with Crippen LogP contribution in [0.1, 0.15) is 16.1 Å². The summed E-state index contributed by atoms with van der Waals surface area (Å²) in [7, 11) is 2.70. The predicted octanol–water partition coefficient (Wildman–Crippen LogP) is 6.60. The van der Waals surface area contributed by atoms with Crippen molar-refractivity contribution in [2.24, 2.45) is 0 Å². The van der Waals surface area contributed by atoms with Crippen molar-refractivity contribution in [3.05, 3.63) is 86.7 Å². The molecule has 0 unspecified atom stereocenters. The van der Waals surface area contributed by atoms with Gasteiger partial charge in [-0.2, -0.15) is 13.2 Å². The molecule has 0 aliphatic carbocycles. The lowest BCUT2D eigenvalue weighted by Crippen LogP contribution is -2.16. The van der Waals surface area contributed by atoms with Gasteiger partial charge in [-0.15, -0.1) is 0 Å². The van der Waals surface area contributed by atoms with Crippen LogP contribution in [0.3, 0.4) is 0 Å². The van der Waals surface area contributed by atoms with Gasteiger partial charge >= 0.3 is 12.1 Å². The molecule has 1 heterocycles. The smallest absolute Gasteiger partial charge is 0.453 e. The molecule has 186 valence electrons. The third-order valence-corrected chi connectivity index (χ3v) is 5.63. The van der Waals surface area contributed by atoms with Crippen LogP contribution in [-0.2, 0) is 6.18 Å². The number of hydrogen-bond acceptors (Lipinski definition) is 7. The van der Waals surface area contributed by atoms with Crippen molar-refractivity contribution in [3.8, 4) is 28.7 Å². The number of ether oxygens (including phenoxy) is 4. The summed E-state index contributed by atoms with van der Waals surface area (Å²) in [5, 5.41) is -0.209. The molecule has 0 bridgehead atoms. The van der Waals surface area contributed by atoms with Crippen LogP contribution in [0.5, 0.6) is 28.7 Å². The summed E-state index contributed by atoms with van der Waals surface area (Å²) in [4.78, 5) is 25.8. The Labute approximate surface area is 210 Å². The molecule has 3 aromatic carbocycles. The summed E-state index contributed by atoms with van der Waals surface area (Å²) in [6.07, 6.45) is -5.05. The molecule has 0 aliphatic heterocycles. The lowest BCUT2D eigenvalue weighted by Gasteiger charge is -2.15. The van der Waals surface area contributed by atoms with Gasteiger partial charge in [-0.3, -0.25) is 4.79 Å². The summed E-state index contributed by atoms with van der Waals surface area (Å²) in [6.45, 7) is 0. The molecule has 0 N–H and O–H groups in total. The lowest BCUT2D eigenvalue weighted by molar-refractivity contribution is -0.154. The molecule has 7 nitrogen and oxygen atoms in total. The Bertz CT molecular complexity index is 1490. The SMILES string of the molecule is COc1cccc(OC)c1C(=O)Oc1ccc2c(=O)c(Oc3ccccc3Br)c(C(F)(F)F)oc2c1. The highest BCUT2D eigenvalue weighted by molar-refractivity contribution is 9.10. The van der Waals surface area contributed by atoms with E-state index in [1.165, 1.54) is 50.6 Å². The van der Waals surface area contributed by atoms with Crippen LogP contribution < -0.4 is 24.4 Å². The van der Waals surface area contributed by atoms with E-state index in [9.17, 15) is 22.8 Å². The van der Waals surface area contributed by atoms with Gasteiger partial charge in [0.05, 0.1) is 24.1 Å².